The van der Waals surface area contributed by atoms with Gasteiger partial charge in [0.15, 0.2) is 0 Å². The molecule has 0 aliphatic carbocycles. The molecule has 1 rings (SSSR count). The van der Waals surface area contributed by atoms with Crippen LogP contribution in [0.1, 0.15) is 17.5 Å². The fraction of sp³-hybridized carbons (Fsp3) is 0.500. The van der Waals surface area contributed by atoms with Crippen LogP contribution in [-0.2, 0) is 6.42 Å². The summed E-state index contributed by atoms with van der Waals surface area (Å²) in [5, 5.41) is 0. The van der Waals surface area contributed by atoms with Crippen molar-refractivity contribution in [2.45, 2.75) is 19.8 Å². The summed E-state index contributed by atoms with van der Waals surface area (Å²) in [5.74, 6) is 2.70. The molecule has 0 atom stereocenters. The number of hydrogen-bond acceptors (Lipinski definition) is 3. The highest BCUT2D eigenvalue weighted by Gasteiger charge is 2.10. The molecule has 0 saturated heterocycles. The maximum Gasteiger partial charge on any atom is 0.126 e. The summed E-state index contributed by atoms with van der Waals surface area (Å²) in [7, 11) is 3.39. The molecule has 0 amide bonds. The van der Waals surface area contributed by atoms with E-state index in [2.05, 4.69) is 12.6 Å². The molecule has 1 aromatic carbocycles. The van der Waals surface area contributed by atoms with Gasteiger partial charge in [0.05, 0.1) is 14.2 Å². The molecule has 0 aromatic heterocycles. The monoisotopic (exact) mass is 226 g/mol. The van der Waals surface area contributed by atoms with Crippen LogP contribution < -0.4 is 9.47 Å². The number of benzene rings is 1. The van der Waals surface area contributed by atoms with Crippen molar-refractivity contribution < 1.29 is 9.47 Å². The van der Waals surface area contributed by atoms with Gasteiger partial charge >= 0.3 is 0 Å². The van der Waals surface area contributed by atoms with Gasteiger partial charge in [-0.2, -0.15) is 12.6 Å². The van der Waals surface area contributed by atoms with Gasteiger partial charge in [0.1, 0.15) is 11.5 Å². The Hall–Kier alpha value is -0.830. The average molecular weight is 226 g/mol. The maximum absolute atomic E-state index is 5.36. The van der Waals surface area contributed by atoms with Crippen LogP contribution in [0.4, 0.5) is 0 Å². The van der Waals surface area contributed by atoms with Gasteiger partial charge in [-0.15, -0.1) is 0 Å². The molecule has 0 bridgehead atoms. The van der Waals surface area contributed by atoms with E-state index in [1.807, 2.05) is 19.1 Å². The first-order valence-electron chi connectivity index (χ1n) is 5.05. The van der Waals surface area contributed by atoms with Crippen LogP contribution in [0.25, 0.3) is 0 Å². The maximum atomic E-state index is 5.36. The van der Waals surface area contributed by atoms with Crippen LogP contribution in [0, 0.1) is 6.92 Å². The van der Waals surface area contributed by atoms with Crippen LogP contribution in [0.3, 0.4) is 0 Å². The zero-order valence-corrected chi connectivity index (χ0v) is 10.4. The lowest BCUT2D eigenvalue weighted by Gasteiger charge is -2.13. The van der Waals surface area contributed by atoms with E-state index in [-0.39, 0.29) is 0 Å². The average Bonchev–Trinajstić information content (AvgIpc) is 2.26. The minimum absolute atomic E-state index is 0.875. The Morgan fingerprint density at radius 3 is 2.07 bits per heavy atom. The summed E-state index contributed by atoms with van der Waals surface area (Å²) in [4.78, 5) is 0. The fourth-order valence-electron chi connectivity index (χ4n) is 1.62. The zero-order valence-electron chi connectivity index (χ0n) is 9.54. The van der Waals surface area contributed by atoms with Crippen molar-refractivity contribution in [2.75, 3.05) is 20.0 Å². The third kappa shape index (κ3) is 3.06. The van der Waals surface area contributed by atoms with Gasteiger partial charge in [-0.3, -0.25) is 0 Å². The van der Waals surface area contributed by atoms with E-state index >= 15 is 0 Å². The second kappa shape index (κ2) is 5.91. The van der Waals surface area contributed by atoms with Crippen LogP contribution >= 0.6 is 12.6 Å². The molecule has 0 N–H and O–H groups in total. The van der Waals surface area contributed by atoms with E-state index in [0.717, 1.165) is 41.2 Å². The summed E-state index contributed by atoms with van der Waals surface area (Å²) in [6, 6.07) is 4.08. The van der Waals surface area contributed by atoms with Crippen molar-refractivity contribution in [3.63, 3.8) is 0 Å². The Balaban J connectivity index is 3.06. The minimum atomic E-state index is 0.875. The van der Waals surface area contributed by atoms with Gasteiger partial charge in [0, 0.05) is 5.56 Å². The second-order valence-corrected chi connectivity index (χ2v) is 3.92. The van der Waals surface area contributed by atoms with Crippen LogP contribution in [0.2, 0.25) is 0 Å². The highest BCUT2D eigenvalue weighted by Crippen LogP contribution is 2.31. The van der Waals surface area contributed by atoms with Gasteiger partial charge in [-0.25, -0.2) is 0 Å². The third-order valence-corrected chi connectivity index (χ3v) is 2.65. The highest BCUT2D eigenvalue weighted by atomic mass is 32.1. The van der Waals surface area contributed by atoms with Crippen LogP contribution in [0.5, 0.6) is 11.5 Å². The molecular formula is C12H18O2S. The number of thiol groups is 1. The van der Waals surface area contributed by atoms with Crippen molar-refractivity contribution in [3.05, 3.63) is 23.3 Å². The largest absolute Gasteiger partial charge is 0.496 e. The summed E-state index contributed by atoms with van der Waals surface area (Å²) < 4.78 is 10.7. The predicted octanol–water partition coefficient (Wildman–Crippen LogP) is 2.87. The lowest BCUT2D eigenvalue weighted by molar-refractivity contribution is 0.384. The number of aryl methyl sites for hydroxylation is 1. The van der Waals surface area contributed by atoms with Crippen molar-refractivity contribution in [2.24, 2.45) is 0 Å². The van der Waals surface area contributed by atoms with Crippen molar-refractivity contribution in [1.82, 2.24) is 0 Å². The predicted molar refractivity (Wildman–Crippen MR) is 66.5 cm³/mol. The molecule has 0 aliphatic heterocycles. The summed E-state index contributed by atoms with van der Waals surface area (Å²) in [6.45, 7) is 2.04. The third-order valence-electron chi connectivity index (χ3n) is 2.34. The molecule has 0 aliphatic rings. The van der Waals surface area contributed by atoms with Gasteiger partial charge in [0.2, 0.25) is 0 Å². The molecule has 0 unspecified atom stereocenters. The Kier molecular flexibility index (Phi) is 4.82. The molecule has 0 spiro atoms. The summed E-state index contributed by atoms with van der Waals surface area (Å²) in [5.41, 5.74) is 2.29. The molecule has 0 saturated carbocycles. The number of hydrogen-bond donors (Lipinski definition) is 1. The second-order valence-electron chi connectivity index (χ2n) is 3.48. The van der Waals surface area contributed by atoms with Gasteiger partial charge in [-0.05, 0) is 43.2 Å². The molecule has 0 heterocycles. The first-order valence-corrected chi connectivity index (χ1v) is 5.68. The van der Waals surface area contributed by atoms with Gasteiger partial charge in [0.25, 0.3) is 0 Å². The lowest BCUT2D eigenvalue weighted by atomic mass is 10.1. The van der Waals surface area contributed by atoms with Gasteiger partial charge in [-0.1, -0.05) is 0 Å². The highest BCUT2D eigenvalue weighted by molar-refractivity contribution is 7.80. The molecule has 15 heavy (non-hydrogen) atoms. The number of methoxy groups -OCH3 is 2. The molecule has 3 heteroatoms. The zero-order chi connectivity index (χ0) is 11.3. The van der Waals surface area contributed by atoms with E-state index in [0.29, 0.717) is 0 Å². The molecular weight excluding hydrogens is 208 g/mol. The standard InChI is InChI=1S/C12H18O2S/c1-9-7-11(13-2)10(5-4-6-15)12(8-9)14-3/h7-8,15H,4-6H2,1-3H3. The normalized spacial score (nSPS) is 10.1. The molecule has 2 nitrogen and oxygen atoms in total. The Morgan fingerprint density at radius 1 is 1.13 bits per heavy atom. The molecule has 0 fully saturated rings. The first kappa shape index (κ1) is 12.2. The first-order chi connectivity index (χ1) is 7.22. The molecule has 84 valence electrons. The number of ether oxygens (including phenoxy) is 2. The smallest absolute Gasteiger partial charge is 0.126 e. The van der Waals surface area contributed by atoms with E-state index < -0.39 is 0 Å². The Morgan fingerprint density at radius 2 is 1.67 bits per heavy atom. The van der Waals surface area contributed by atoms with Crippen molar-refractivity contribution in [3.8, 4) is 11.5 Å². The van der Waals surface area contributed by atoms with E-state index in [1.165, 1.54) is 0 Å². The minimum Gasteiger partial charge on any atom is -0.496 e. The van der Waals surface area contributed by atoms with E-state index in [9.17, 15) is 0 Å². The topological polar surface area (TPSA) is 18.5 Å². The number of rotatable bonds is 5. The van der Waals surface area contributed by atoms with Crippen molar-refractivity contribution >= 4 is 12.6 Å². The molecule has 0 radical (unpaired) electrons. The van der Waals surface area contributed by atoms with Gasteiger partial charge < -0.3 is 9.47 Å². The quantitative estimate of drug-likeness (QED) is 0.778. The van der Waals surface area contributed by atoms with Crippen LogP contribution in [-0.4, -0.2) is 20.0 Å². The Bertz CT molecular complexity index is 298. The SMILES string of the molecule is COc1cc(C)cc(OC)c1CCCS. The Labute approximate surface area is 97.0 Å². The summed E-state index contributed by atoms with van der Waals surface area (Å²) >= 11 is 4.22. The van der Waals surface area contributed by atoms with Crippen LogP contribution in [0.15, 0.2) is 12.1 Å². The van der Waals surface area contributed by atoms with E-state index in [4.69, 9.17) is 9.47 Å². The van der Waals surface area contributed by atoms with E-state index in [1.54, 1.807) is 14.2 Å². The lowest BCUT2D eigenvalue weighted by Crippen LogP contribution is -1.98. The fourth-order valence-corrected chi connectivity index (χ4v) is 1.78. The van der Waals surface area contributed by atoms with Crippen molar-refractivity contribution in [1.29, 1.82) is 0 Å². The molecule has 1 aromatic rings. The summed E-state index contributed by atoms with van der Waals surface area (Å²) in [6.07, 6.45) is 1.97.